The highest BCUT2D eigenvalue weighted by atomic mass is 31.2. The smallest absolute Gasteiger partial charge is 0.462 e. The number of rotatable bonds is 81. The van der Waals surface area contributed by atoms with Crippen LogP contribution >= 0.6 is 15.6 Å². The van der Waals surface area contributed by atoms with Gasteiger partial charge in [-0.05, 0) is 49.4 Å². The van der Waals surface area contributed by atoms with Gasteiger partial charge in [0.2, 0.25) is 0 Å². The molecule has 103 heavy (non-hydrogen) atoms. The van der Waals surface area contributed by atoms with Gasteiger partial charge in [0.1, 0.15) is 19.3 Å². The van der Waals surface area contributed by atoms with Crippen molar-refractivity contribution in [2.45, 2.75) is 453 Å². The lowest BCUT2D eigenvalue weighted by Gasteiger charge is -2.21. The maximum Gasteiger partial charge on any atom is 0.472 e. The second-order valence-electron chi connectivity index (χ2n) is 31.7. The number of carbonyl (C=O) groups excluding carboxylic acids is 4. The minimum Gasteiger partial charge on any atom is -0.462 e. The minimum absolute atomic E-state index is 0.106. The first-order chi connectivity index (χ1) is 49.7. The maximum absolute atomic E-state index is 13.1. The van der Waals surface area contributed by atoms with E-state index in [-0.39, 0.29) is 25.7 Å². The van der Waals surface area contributed by atoms with Gasteiger partial charge in [-0.15, -0.1) is 0 Å². The van der Waals surface area contributed by atoms with Gasteiger partial charge < -0.3 is 33.8 Å². The number of aliphatic hydroxyl groups is 1. The van der Waals surface area contributed by atoms with E-state index in [1.165, 1.54) is 231 Å². The monoisotopic (exact) mass is 1510 g/mol. The molecule has 0 rings (SSSR count). The highest BCUT2D eigenvalue weighted by Gasteiger charge is 2.30. The second kappa shape index (κ2) is 72.9. The van der Waals surface area contributed by atoms with E-state index in [1.807, 2.05) is 0 Å². The van der Waals surface area contributed by atoms with Crippen LogP contribution in [-0.2, 0) is 65.4 Å². The van der Waals surface area contributed by atoms with Crippen LogP contribution in [-0.4, -0.2) is 96.7 Å². The lowest BCUT2D eigenvalue weighted by molar-refractivity contribution is -0.161. The normalized spacial score (nSPS) is 14.5. The van der Waals surface area contributed by atoms with Crippen molar-refractivity contribution in [3.05, 3.63) is 0 Å². The van der Waals surface area contributed by atoms with E-state index in [0.717, 1.165) is 120 Å². The summed E-state index contributed by atoms with van der Waals surface area (Å²) in [5, 5.41) is 10.7. The molecule has 0 amide bonds. The van der Waals surface area contributed by atoms with E-state index in [2.05, 4.69) is 55.4 Å². The van der Waals surface area contributed by atoms with Gasteiger partial charge in [-0.2, -0.15) is 0 Å². The van der Waals surface area contributed by atoms with Gasteiger partial charge in [0.05, 0.1) is 26.4 Å². The third-order valence-electron chi connectivity index (χ3n) is 20.3. The van der Waals surface area contributed by atoms with Gasteiger partial charge in [-0.25, -0.2) is 9.13 Å². The standard InChI is InChI=1S/C84H164O17P2/c1-9-76(7)62-54-46-38-32-26-20-15-16-21-27-33-39-48-56-64-81(86)94-70-79(100-83(88)66-58-50-40-34-28-22-14-12-11-13-18-24-30-36-44-52-60-74(3)4)72-98-102(90,91)96-68-78(85)69-97-103(92,93)99-73-80(71-95-82(87)65-57-49-43-42-47-55-63-77(8)10-2)101-84(89)67-59-51-41-35-29-23-17-19-25-31-37-45-53-61-75(5)6/h74-80,85H,9-73H2,1-8H3,(H,90,91)(H,92,93)/t76?,77?,78-,79-,80-/m1/s1. The molecule has 0 aromatic heterocycles. The van der Waals surface area contributed by atoms with Crippen molar-refractivity contribution >= 4 is 39.5 Å². The van der Waals surface area contributed by atoms with Crippen molar-refractivity contribution in [3.63, 3.8) is 0 Å². The van der Waals surface area contributed by atoms with Crippen LogP contribution in [0.4, 0.5) is 0 Å². The molecule has 0 aromatic rings. The molecule has 0 saturated carbocycles. The topological polar surface area (TPSA) is 237 Å². The highest BCUT2D eigenvalue weighted by Crippen LogP contribution is 2.45. The summed E-state index contributed by atoms with van der Waals surface area (Å²) in [4.78, 5) is 73.2. The van der Waals surface area contributed by atoms with E-state index >= 15 is 0 Å². The maximum atomic E-state index is 13.1. The third kappa shape index (κ3) is 75.3. The van der Waals surface area contributed by atoms with E-state index in [4.69, 9.17) is 37.0 Å². The lowest BCUT2D eigenvalue weighted by atomic mass is 9.99. The molecule has 4 unspecified atom stereocenters. The number of aliphatic hydroxyl groups excluding tert-OH is 1. The van der Waals surface area contributed by atoms with Crippen LogP contribution < -0.4 is 0 Å². The molecular formula is C84H164O17P2. The number of ether oxygens (including phenoxy) is 4. The lowest BCUT2D eigenvalue weighted by Crippen LogP contribution is -2.30. The summed E-state index contributed by atoms with van der Waals surface area (Å²) in [6.07, 6.45) is 61.0. The molecule has 0 aliphatic heterocycles. The molecule has 0 aliphatic rings. The zero-order valence-electron chi connectivity index (χ0n) is 68.0. The minimum atomic E-state index is -4.97. The summed E-state index contributed by atoms with van der Waals surface area (Å²) >= 11 is 0. The first-order valence-corrected chi connectivity index (χ1v) is 46.3. The van der Waals surface area contributed by atoms with Gasteiger partial charge in [-0.3, -0.25) is 37.3 Å². The Labute approximate surface area is 632 Å². The molecule has 0 bridgehead atoms. The molecule has 612 valence electrons. The summed E-state index contributed by atoms with van der Waals surface area (Å²) in [5.41, 5.74) is 0. The Bertz CT molecular complexity index is 2010. The molecule has 17 nitrogen and oxygen atoms in total. The predicted octanol–water partition coefficient (Wildman–Crippen LogP) is 25.2. The number of carbonyl (C=O) groups is 4. The largest absolute Gasteiger partial charge is 0.472 e. The fourth-order valence-electron chi connectivity index (χ4n) is 12.9. The van der Waals surface area contributed by atoms with Crippen molar-refractivity contribution in [1.82, 2.24) is 0 Å². The van der Waals surface area contributed by atoms with Crippen molar-refractivity contribution in [2.75, 3.05) is 39.6 Å². The van der Waals surface area contributed by atoms with E-state index in [1.54, 1.807) is 0 Å². The number of phosphoric ester groups is 2. The Hall–Kier alpha value is -1.94. The molecule has 7 atom stereocenters. The Balaban J connectivity index is 5.25. The van der Waals surface area contributed by atoms with E-state index < -0.39 is 97.5 Å². The average Bonchev–Trinajstić information content (AvgIpc) is 0.907. The van der Waals surface area contributed by atoms with Crippen LogP contribution in [0.25, 0.3) is 0 Å². The quantitative estimate of drug-likeness (QED) is 0.0222. The number of hydrogen-bond donors (Lipinski definition) is 3. The molecule has 0 saturated heterocycles. The fourth-order valence-corrected chi connectivity index (χ4v) is 14.5. The van der Waals surface area contributed by atoms with Crippen LogP contribution in [0, 0.1) is 23.7 Å². The summed E-state index contributed by atoms with van der Waals surface area (Å²) < 4.78 is 68.8. The Kier molecular flexibility index (Phi) is 71.5. The first kappa shape index (κ1) is 101. The summed E-state index contributed by atoms with van der Waals surface area (Å²) in [6.45, 7) is 14.3. The third-order valence-corrected chi connectivity index (χ3v) is 22.2. The molecule has 19 heteroatoms. The molecule has 0 spiro atoms. The van der Waals surface area contributed by atoms with Crippen LogP contribution in [0.2, 0.25) is 0 Å². The van der Waals surface area contributed by atoms with Crippen LogP contribution in [0.5, 0.6) is 0 Å². The van der Waals surface area contributed by atoms with E-state index in [9.17, 15) is 43.2 Å². The molecular weight excluding hydrogens is 1340 g/mol. The van der Waals surface area contributed by atoms with Gasteiger partial charge >= 0.3 is 39.5 Å². The van der Waals surface area contributed by atoms with Crippen molar-refractivity contribution in [3.8, 4) is 0 Å². The first-order valence-electron chi connectivity index (χ1n) is 43.3. The molecule has 0 aromatic carbocycles. The molecule has 0 aliphatic carbocycles. The average molecular weight is 1510 g/mol. The van der Waals surface area contributed by atoms with Crippen molar-refractivity contribution < 1.29 is 80.2 Å². The summed E-state index contributed by atoms with van der Waals surface area (Å²) in [5.74, 6) is 1.07. The van der Waals surface area contributed by atoms with E-state index in [0.29, 0.717) is 25.7 Å². The van der Waals surface area contributed by atoms with Crippen molar-refractivity contribution in [1.29, 1.82) is 0 Å². The fraction of sp³-hybridized carbons (Fsp3) is 0.952. The number of esters is 4. The zero-order valence-corrected chi connectivity index (χ0v) is 69.7. The summed E-state index contributed by atoms with van der Waals surface area (Å²) in [7, 11) is -9.93. The zero-order chi connectivity index (χ0) is 76.0. The van der Waals surface area contributed by atoms with Crippen LogP contribution in [0.1, 0.15) is 434 Å². The highest BCUT2D eigenvalue weighted by molar-refractivity contribution is 7.47. The van der Waals surface area contributed by atoms with Gasteiger partial charge in [-0.1, -0.05) is 383 Å². The summed E-state index contributed by atoms with van der Waals surface area (Å²) in [6, 6.07) is 0. The Morgan fingerprint density at radius 1 is 0.272 bits per heavy atom. The molecule has 0 heterocycles. The second-order valence-corrected chi connectivity index (χ2v) is 34.6. The van der Waals surface area contributed by atoms with Crippen molar-refractivity contribution in [2.24, 2.45) is 23.7 Å². The number of unbranched alkanes of at least 4 members (excludes halogenated alkanes) is 45. The van der Waals surface area contributed by atoms with Crippen LogP contribution in [0.3, 0.4) is 0 Å². The SMILES string of the molecule is CCC(C)CCCCCCCCCCCCCCCCC(=O)OC[C@H](COP(=O)(O)OC[C@@H](O)COP(=O)(O)OC[C@@H](COC(=O)CCCCCCCCC(C)CC)OC(=O)CCCCCCCCCCCCCCCC(C)C)OC(=O)CCCCCCCCCCCCCCCCCCC(C)C. The van der Waals surface area contributed by atoms with Gasteiger partial charge in [0, 0.05) is 25.7 Å². The molecule has 3 N–H and O–H groups in total. The molecule has 0 fully saturated rings. The number of hydrogen-bond acceptors (Lipinski definition) is 15. The Morgan fingerprint density at radius 2 is 0.466 bits per heavy atom. The Morgan fingerprint density at radius 3 is 0.689 bits per heavy atom. The van der Waals surface area contributed by atoms with Crippen LogP contribution in [0.15, 0.2) is 0 Å². The van der Waals surface area contributed by atoms with Gasteiger partial charge in [0.15, 0.2) is 12.2 Å². The predicted molar refractivity (Wildman–Crippen MR) is 423 cm³/mol. The van der Waals surface area contributed by atoms with Gasteiger partial charge in [0.25, 0.3) is 0 Å². The molecule has 0 radical (unpaired) electrons. The number of phosphoric acid groups is 2.